The van der Waals surface area contributed by atoms with Gasteiger partial charge in [-0.25, -0.2) is 4.85 Å². The first-order chi connectivity index (χ1) is 18.7. The maximum atomic E-state index is 7.70. The van der Waals surface area contributed by atoms with Crippen LogP contribution in [0.5, 0.6) is 0 Å². The standard InChI is InChI=1S/C34H24N4/c1-21(2)36-28-18-16-22(35-3)20-31(28)38-29-19-17-25-24-12-7-8-14-27(24)37(23-10-5-4-6-11-23)34(25)32(29)26-13-9-15-30(36)33(26)38/h4-21H,1-2H3. The highest BCUT2D eigenvalue weighted by Crippen LogP contribution is 2.50. The van der Waals surface area contributed by atoms with Crippen LogP contribution in [-0.4, -0.2) is 15.2 Å². The Labute approximate surface area is 220 Å². The zero-order valence-electron chi connectivity index (χ0n) is 21.2. The van der Waals surface area contributed by atoms with Crippen LogP contribution in [0, 0.1) is 6.57 Å². The second-order valence-electron chi connectivity index (χ2n) is 10.3. The van der Waals surface area contributed by atoms with E-state index in [0.29, 0.717) is 5.69 Å². The molecule has 5 aromatic carbocycles. The fourth-order valence-electron chi connectivity index (χ4n) is 6.53. The summed E-state index contributed by atoms with van der Waals surface area (Å²) in [6.45, 7) is 12.2. The van der Waals surface area contributed by atoms with Crippen molar-refractivity contribution in [3.05, 3.63) is 115 Å². The van der Waals surface area contributed by atoms with Crippen LogP contribution in [0.2, 0.25) is 0 Å². The van der Waals surface area contributed by atoms with Crippen molar-refractivity contribution in [3.8, 4) is 11.4 Å². The lowest BCUT2D eigenvalue weighted by Gasteiger charge is -2.36. The van der Waals surface area contributed by atoms with Crippen LogP contribution >= 0.6 is 0 Å². The van der Waals surface area contributed by atoms with E-state index in [1.165, 1.54) is 43.8 Å². The van der Waals surface area contributed by atoms with Crippen LogP contribution in [0.15, 0.2) is 103 Å². The second kappa shape index (κ2) is 7.50. The number of para-hydroxylation sites is 3. The highest BCUT2D eigenvalue weighted by atomic mass is 15.2. The Morgan fingerprint density at radius 1 is 0.605 bits per heavy atom. The van der Waals surface area contributed by atoms with Gasteiger partial charge in [-0.3, -0.25) is 0 Å². The van der Waals surface area contributed by atoms with Gasteiger partial charge in [-0.2, -0.15) is 0 Å². The average molecular weight is 489 g/mol. The molecular formula is C34H24N4. The minimum atomic E-state index is 0.265. The highest BCUT2D eigenvalue weighted by molar-refractivity contribution is 6.28. The van der Waals surface area contributed by atoms with Crippen LogP contribution < -0.4 is 4.90 Å². The second-order valence-corrected chi connectivity index (χ2v) is 10.3. The van der Waals surface area contributed by atoms with E-state index in [9.17, 15) is 0 Å². The van der Waals surface area contributed by atoms with E-state index < -0.39 is 0 Å². The maximum absolute atomic E-state index is 7.70. The van der Waals surface area contributed by atoms with Gasteiger partial charge in [-0.05, 0) is 56.3 Å². The summed E-state index contributed by atoms with van der Waals surface area (Å²) in [5.74, 6) is 0. The van der Waals surface area contributed by atoms with Crippen molar-refractivity contribution in [2.24, 2.45) is 0 Å². The Bertz CT molecular complexity index is 2120. The molecule has 8 rings (SSSR count). The summed E-state index contributed by atoms with van der Waals surface area (Å²) < 4.78 is 4.80. The summed E-state index contributed by atoms with van der Waals surface area (Å²) in [6.07, 6.45) is 0. The Hall–Kier alpha value is -5.01. The van der Waals surface area contributed by atoms with Gasteiger partial charge >= 0.3 is 0 Å². The molecule has 4 heteroatoms. The van der Waals surface area contributed by atoms with E-state index in [4.69, 9.17) is 6.57 Å². The molecule has 0 saturated carbocycles. The van der Waals surface area contributed by atoms with Crippen LogP contribution in [0.25, 0.3) is 59.8 Å². The summed E-state index contributed by atoms with van der Waals surface area (Å²) in [7, 11) is 0. The van der Waals surface area contributed by atoms with E-state index in [1.807, 2.05) is 12.1 Å². The molecule has 0 N–H and O–H groups in total. The zero-order valence-corrected chi connectivity index (χ0v) is 21.2. The van der Waals surface area contributed by atoms with Crippen molar-refractivity contribution in [2.45, 2.75) is 19.9 Å². The van der Waals surface area contributed by atoms with Crippen molar-refractivity contribution < 1.29 is 0 Å². The van der Waals surface area contributed by atoms with Crippen LogP contribution in [0.3, 0.4) is 0 Å². The quantitative estimate of drug-likeness (QED) is 0.222. The topological polar surface area (TPSA) is 17.5 Å². The molecule has 1 aliphatic heterocycles. The molecule has 0 atom stereocenters. The molecule has 1 aliphatic rings. The summed E-state index contributed by atoms with van der Waals surface area (Å²) >= 11 is 0. The first kappa shape index (κ1) is 21.1. The summed E-state index contributed by atoms with van der Waals surface area (Å²) in [5.41, 5.74) is 9.98. The molecule has 0 saturated heterocycles. The molecule has 0 spiro atoms. The lowest BCUT2D eigenvalue weighted by Crippen LogP contribution is -2.29. The Morgan fingerprint density at radius 2 is 1.39 bits per heavy atom. The maximum Gasteiger partial charge on any atom is 0.189 e. The summed E-state index contributed by atoms with van der Waals surface area (Å²) in [4.78, 5) is 6.19. The number of fused-ring (bicyclic) bond motifs is 9. The first-order valence-electron chi connectivity index (χ1n) is 13.0. The number of rotatable bonds is 2. The molecule has 7 aromatic rings. The smallest absolute Gasteiger partial charge is 0.189 e. The molecule has 0 unspecified atom stereocenters. The van der Waals surface area contributed by atoms with E-state index in [2.05, 4.69) is 124 Å². The third-order valence-electron chi connectivity index (χ3n) is 7.94. The number of aromatic nitrogens is 2. The van der Waals surface area contributed by atoms with E-state index in [1.54, 1.807) is 0 Å². The normalized spacial score (nSPS) is 12.6. The monoisotopic (exact) mass is 488 g/mol. The molecule has 180 valence electrons. The van der Waals surface area contributed by atoms with Crippen molar-refractivity contribution in [3.63, 3.8) is 0 Å². The minimum absolute atomic E-state index is 0.265. The predicted octanol–water partition coefficient (Wildman–Crippen LogP) is 9.29. The van der Waals surface area contributed by atoms with Gasteiger partial charge in [0.15, 0.2) is 5.69 Å². The fourth-order valence-corrected chi connectivity index (χ4v) is 6.53. The van der Waals surface area contributed by atoms with Gasteiger partial charge in [0.2, 0.25) is 0 Å². The van der Waals surface area contributed by atoms with Gasteiger partial charge in [0.25, 0.3) is 0 Å². The molecule has 4 nitrogen and oxygen atoms in total. The van der Waals surface area contributed by atoms with Crippen LogP contribution in [-0.2, 0) is 0 Å². The lowest BCUT2D eigenvalue weighted by molar-refractivity contribution is 0.782. The molecule has 2 aromatic heterocycles. The third kappa shape index (κ3) is 2.58. The van der Waals surface area contributed by atoms with E-state index >= 15 is 0 Å². The van der Waals surface area contributed by atoms with Crippen molar-refractivity contribution in [1.29, 1.82) is 0 Å². The van der Waals surface area contributed by atoms with Gasteiger partial charge in [0.05, 0.1) is 45.7 Å². The van der Waals surface area contributed by atoms with Crippen molar-refractivity contribution in [2.75, 3.05) is 4.90 Å². The fraction of sp³-hybridized carbons (Fsp3) is 0.0882. The molecule has 0 fully saturated rings. The number of anilines is 2. The van der Waals surface area contributed by atoms with E-state index in [-0.39, 0.29) is 6.04 Å². The Balaban J connectivity index is 1.65. The van der Waals surface area contributed by atoms with Gasteiger partial charge in [-0.15, -0.1) is 0 Å². The highest BCUT2D eigenvalue weighted by Gasteiger charge is 2.30. The van der Waals surface area contributed by atoms with Gasteiger partial charge < -0.3 is 14.0 Å². The molecular weight excluding hydrogens is 464 g/mol. The molecule has 0 aliphatic carbocycles. The van der Waals surface area contributed by atoms with Gasteiger partial charge in [-0.1, -0.05) is 60.7 Å². The van der Waals surface area contributed by atoms with E-state index in [0.717, 1.165) is 22.6 Å². The zero-order chi connectivity index (χ0) is 25.5. The minimum Gasteiger partial charge on any atom is -0.336 e. The number of hydrogen-bond acceptors (Lipinski definition) is 1. The predicted molar refractivity (Wildman–Crippen MR) is 159 cm³/mol. The molecule has 0 amide bonds. The first-order valence-corrected chi connectivity index (χ1v) is 13.0. The number of hydrogen-bond donors (Lipinski definition) is 0. The van der Waals surface area contributed by atoms with Crippen LogP contribution in [0.4, 0.5) is 17.1 Å². The third-order valence-corrected chi connectivity index (χ3v) is 7.94. The van der Waals surface area contributed by atoms with Crippen LogP contribution in [0.1, 0.15) is 13.8 Å². The molecule has 0 bridgehead atoms. The van der Waals surface area contributed by atoms with Gasteiger partial charge in [0.1, 0.15) is 0 Å². The molecule has 0 radical (unpaired) electrons. The van der Waals surface area contributed by atoms with Crippen molar-refractivity contribution in [1.82, 2.24) is 9.13 Å². The largest absolute Gasteiger partial charge is 0.336 e. The number of nitrogens with zero attached hydrogens (tertiary/aromatic N) is 4. The number of benzene rings is 5. The SMILES string of the molecule is [C-]#[N+]c1ccc2c(c1)-n1c3ccc4c5ccccc5n(-c5ccccc5)c4c3c3cccc(c31)N2C(C)C. The Kier molecular flexibility index (Phi) is 4.17. The summed E-state index contributed by atoms with van der Waals surface area (Å²) in [5, 5.41) is 4.97. The lowest BCUT2D eigenvalue weighted by atomic mass is 10.1. The Morgan fingerprint density at radius 3 is 2.21 bits per heavy atom. The molecule has 38 heavy (non-hydrogen) atoms. The van der Waals surface area contributed by atoms with Crippen molar-refractivity contribution >= 4 is 60.7 Å². The summed E-state index contributed by atoms with van der Waals surface area (Å²) in [6, 6.07) is 36.9. The average Bonchev–Trinajstić information content (AvgIpc) is 3.47. The van der Waals surface area contributed by atoms with Gasteiger partial charge in [0, 0.05) is 33.3 Å². The molecule has 3 heterocycles.